The molecular formula is C16H23F3N4O2. The first-order valence-corrected chi connectivity index (χ1v) is 8.11. The summed E-state index contributed by atoms with van der Waals surface area (Å²) in [5.74, 6) is -0.0670. The Labute approximate surface area is 144 Å². The van der Waals surface area contributed by atoms with Gasteiger partial charge in [-0.3, -0.25) is 4.90 Å². The lowest BCUT2D eigenvalue weighted by molar-refractivity contribution is -0.274. The maximum Gasteiger partial charge on any atom is 0.573 e. The van der Waals surface area contributed by atoms with Gasteiger partial charge in [0.25, 0.3) is 0 Å². The van der Waals surface area contributed by atoms with Crippen LogP contribution in [0.2, 0.25) is 0 Å². The van der Waals surface area contributed by atoms with Crippen LogP contribution in [0.25, 0.3) is 0 Å². The Hall–Kier alpha value is -2.00. The Morgan fingerprint density at radius 3 is 2.72 bits per heavy atom. The van der Waals surface area contributed by atoms with Crippen molar-refractivity contribution < 1.29 is 22.6 Å². The molecule has 1 aliphatic heterocycles. The third kappa shape index (κ3) is 7.61. The zero-order chi connectivity index (χ0) is 18.1. The SMILES string of the molecule is NC(=NCc1ccccc1OC(F)(F)F)NCCCN1CCOCC1. The van der Waals surface area contributed by atoms with Crippen molar-refractivity contribution in [2.24, 2.45) is 10.7 Å². The normalized spacial score (nSPS) is 16.7. The summed E-state index contributed by atoms with van der Waals surface area (Å²) in [6.45, 7) is 4.97. The van der Waals surface area contributed by atoms with E-state index >= 15 is 0 Å². The number of hydrogen-bond acceptors (Lipinski definition) is 4. The van der Waals surface area contributed by atoms with Crippen molar-refractivity contribution in [3.63, 3.8) is 0 Å². The van der Waals surface area contributed by atoms with E-state index in [1.165, 1.54) is 18.2 Å². The number of nitrogens with zero attached hydrogens (tertiary/aromatic N) is 2. The van der Waals surface area contributed by atoms with Gasteiger partial charge in [-0.1, -0.05) is 18.2 Å². The summed E-state index contributed by atoms with van der Waals surface area (Å²) in [5.41, 5.74) is 6.08. The topological polar surface area (TPSA) is 72.1 Å². The van der Waals surface area contributed by atoms with Crippen molar-refractivity contribution in [3.8, 4) is 5.75 Å². The van der Waals surface area contributed by atoms with Crippen LogP contribution in [-0.4, -0.2) is 56.6 Å². The smallest absolute Gasteiger partial charge is 0.405 e. The second kappa shape index (κ2) is 9.47. The molecule has 0 amide bonds. The fraction of sp³-hybridized carbons (Fsp3) is 0.562. The number of ether oxygens (including phenoxy) is 2. The molecule has 0 saturated carbocycles. The molecule has 1 fully saturated rings. The average Bonchev–Trinajstić information content (AvgIpc) is 2.57. The number of nitrogens with one attached hydrogen (secondary N) is 1. The predicted octanol–water partition coefficient (Wildman–Crippen LogP) is 1.71. The van der Waals surface area contributed by atoms with E-state index in [4.69, 9.17) is 10.5 Å². The maximum absolute atomic E-state index is 12.4. The molecule has 0 radical (unpaired) electrons. The van der Waals surface area contributed by atoms with Crippen LogP contribution in [0.15, 0.2) is 29.3 Å². The zero-order valence-electron chi connectivity index (χ0n) is 13.9. The average molecular weight is 360 g/mol. The number of para-hydroxylation sites is 1. The Morgan fingerprint density at radius 1 is 1.28 bits per heavy atom. The third-order valence-electron chi connectivity index (χ3n) is 3.68. The van der Waals surface area contributed by atoms with Gasteiger partial charge in [0.2, 0.25) is 0 Å². The highest BCUT2D eigenvalue weighted by Crippen LogP contribution is 2.26. The summed E-state index contributed by atoms with van der Waals surface area (Å²) < 4.78 is 46.4. The highest BCUT2D eigenvalue weighted by atomic mass is 19.4. The molecule has 0 spiro atoms. The van der Waals surface area contributed by atoms with Gasteiger partial charge in [0.05, 0.1) is 19.8 Å². The maximum atomic E-state index is 12.4. The number of rotatable bonds is 7. The van der Waals surface area contributed by atoms with Crippen molar-refractivity contribution >= 4 is 5.96 Å². The Kier molecular flexibility index (Phi) is 7.32. The lowest BCUT2D eigenvalue weighted by atomic mass is 10.2. The summed E-state index contributed by atoms with van der Waals surface area (Å²) in [6, 6.07) is 5.88. The Bertz CT molecular complexity index is 561. The molecule has 9 heteroatoms. The minimum atomic E-state index is -4.73. The van der Waals surface area contributed by atoms with Crippen LogP contribution in [0.4, 0.5) is 13.2 Å². The van der Waals surface area contributed by atoms with Gasteiger partial charge in [0.1, 0.15) is 5.75 Å². The fourth-order valence-corrected chi connectivity index (χ4v) is 2.43. The summed E-state index contributed by atoms with van der Waals surface area (Å²) in [4.78, 5) is 6.38. The molecule has 25 heavy (non-hydrogen) atoms. The summed E-state index contributed by atoms with van der Waals surface area (Å²) in [6.07, 6.45) is -3.84. The quantitative estimate of drug-likeness (QED) is 0.440. The minimum Gasteiger partial charge on any atom is -0.405 e. The van der Waals surface area contributed by atoms with Crippen molar-refractivity contribution in [1.29, 1.82) is 0 Å². The van der Waals surface area contributed by atoms with Crippen LogP contribution in [-0.2, 0) is 11.3 Å². The van der Waals surface area contributed by atoms with E-state index < -0.39 is 6.36 Å². The molecular weight excluding hydrogens is 337 g/mol. The second-order valence-corrected chi connectivity index (χ2v) is 5.59. The van der Waals surface area contributed by atoms with Crippen molar-refractivity contribution in [2.75, 3.05) is 39.4 Å². The highest BCUT2D eigenvalue weighted by Gasteiger charge is 2.31. The van der Waals surface area contributed by atoms with Crippen LogP contribution in [0.5, 0.6) is 5.75 Å². The monoisotopic (exact) mass is 360 g/mol. The Morgan fingerprint density at radius 2 is 2.00 bits per heavy atom. The number of guanidine groups is 1. The molecule has 0 aliphatic carbocycles. The van der Waals surface area contributed by atoms with E-state index in [2.05, 4.69) is 19.9 Å². The molecule has 1 aliphatic rings. The molecule has 2 rings (SSSR count). The first kappa shape index (κ1) is 19.3. The van der Waals surface area contributed by atoms with E-state index in [0.717, 1.165) is 39.3 Å². The molecule has 0 unspecified atom stereocenters. The number of benzene rings is 1. The van der Waals surface area contributed by atoms with Gasteiger partial charge in [-0.05, 0) is 19.0 Å². The van der Waals surface area contributed by atoms with Crippen molar-refractivity contribution in [1.82, 2.24) is 10.2 Å². The van der Waals surface area contributed by atoms with Crippen molar-refractivity contribution in [3.05, 3.63) is 29.8 Å². The van der Waals surface area contributed by atoms with Gasteiger partial charge < -0.3 is 20.5 Å². The number of morpholine rings is 1. The number of halogens is 3. The van der Waals surface area contributed by atoms with Gasteiger partial charge in [-0.2, -0.15) is 0 Å². The molecule has 0 atom stereocenters. The van der Waals surface area contributed by atoms with E-state index in [9.17, 15) is 13.2 Å². The zero-order valence-corrected chi connectivity index (χ0v) is 13.9. The van der Waals surface area contributed by atoms with Gasteiger partial charge in [0.15, 0.2) is 5.96 Å². The van der Waals surface area contributed by atoms with Crippen LogP contribution < -0.4 is 15.8 Å². The summed E-state index contributed by atoms with van der Waals surface area (Å²) >= 11 is 0. The van der Waals surface area contributed by atoms with Gasteiger partial charge in [-0.15, -0.1) is 13.2 Å². The number of hydrogen-bond donors (Lipinski definition) is 2. The molecule has 1 aromatic rings. The molecule has 1 heterocycles. The van der Waals surface area contributed by atoms with Gasteiger partial charge in [0, 0.05) is 25.2 Å². The van der Waals surface area contributed by atoms with Crippen LogP contribution in [0.3, 0.4) is 0 Å². The largest absolute Gasteiger partial charge is 0.573 e. The molecule has 6 nitrogen and oxygen atoms in total. The number of alkyl halides is 3. The lowest BCUT2D eigenvalue weighted by Gasteiger charge is -2.26. The van der Waals surface area contributed by atoms with E-state index in [1.807, 2.05) is 0 Å². The summed E-state index contributed by atoms with van der Waals surface area (Å²) in [7, 11) is 0. The van der Waals surface area contributed by atoms with Crippen molar-refractivity contribution in [2.45, 2.75) is 19.3 Å². The number of aliphatic imine (C=N–C) groups is 1. The molecule has 0 bridgehead atoms. The van der Waals surface area contributed by atoms with E-state index in [0.29, 0.717) is 12.1 Å². The molecule has 140 valence electrons. The molecule has 0 aromatic heterocycles. The van der Waals surface area contributed by atoms with Crippen LogP contribution >= 0.6 is 0 Å². The predicted molar refractivity (Wildman–Crippen MR) is 88.3 cm³/mol. The highest BCUT2D eigenvalue weighted by molar-refractivity contribution is 5.77. The second-order valence-electron chi connectivity index (χ2n) is 5.59. The molecule has 1 aromatic carbocycles. The third-order valence-corrected chi connectivity index (χ3v) is 3.68. The molecule has 1 saturated heterocycles. The minimum absolute atomic E-state index is 0.00848. The number of nitrogens with two attached hydrogens (primary N) is 1. The standard InChI is InChI=1S/C16H23F3N4O2/c17-16(18,19)25-14-5-2-1-4-13(14)12-22-15(20)21-6-3-7-23-8-10-24-11-9-23/h1-2,4-5H,3,6-12H2,(H3,20,21,22). The molecule has 3 N–H and O–H groups in total. The fourth-order valence-electron chi connectivity index (χ4n) is 2.43. The van der Waals surface area contributed by atoms with Crippen LogP contribution in [0.1, 0.15) is 12.0 Å². The summed E-state index contributed by atoms with van der Waals surface area (Å²) in [5, 5.41) is 2.97. The van der Waals surface area contributed by atoms with Crippen LogP contribution in [0, 0.1) is 0 Å². The van der Waals surface area contributed by atoms with E-state index in [1.54, 1.807) is 6.07 Å². The van der Waals surface area contributed by atoms with Gasteiger partial charge in [-0.25, -0.2) is 4.99 Å². The lowest BCUT2D eigenvalue weighted by Crippen LogP contribution is -2.39. The van der Waals surface area contributed by atoms with E-state index in [-0.39, 0.29) is 18.3 Å². The first-order chi connectivity index (χ1) is 11.9. The van der Waals surface area contributed by atoms with Gasteiger partial charge >= 0.3 is 6.36 Å². The Balaban J connectivity index is 1.75. The first-order valence-electron chi connectivity index (χ1n) is 8.11.